The van der Waals surface area contributed by atoms with Gasteiger partial charge >= 0.3 is 0 Å². The van der Waals surface area contributed by atoms with Crippen molar-refractivity contribution < 1.29 is 14.3 Å². The van der Waals surface area contributed by atoms with Gasteiger partial charge in [0.05, 0.1) is 20.3 Å². The molecule has 1 N–H and O–H groups in total. The summed E-state index contributed by atoms with van der Waals surface area (Å²) < 4.78 is 13.6. The average molecular weight is 412 g/mol. The molecule has 3 heterocycles. The summed E-state index contributed by atoms with van der Waals surface area (Å²) in [6, 6.07) is 8.81. The van der Waals surface area contributed by atoms with E-state index in [1.54, 1.807) is 37.1 Å². The summed E-state index contributed by atoms with van der Waals surface area (Å²) in [7, 11) is 3.15. The minimum atomic E-state index is -0.342. The third-order valence-electron chi connectivity index (χ3n) is 4.78. The lowest BCUT2D eigenvalue weighted by Gasteiger charge is -2.18. The van der Waals surface area contributed by atoms with Gasteiger partial charge in [0.25, 0.3) is 5.56 Å². The van der Waals surface area contributed by atoms with Gasteiger partial charge < -0.3 is 14.8 Å². The Hall–Kier alpha value is -3.33. The summed E-state index contributed by atoms with van der Waals surface area (Å²) >= 11 is 1.54. The predicted octanol–water partition coefficient (Wildman–Crippen LogP) is 2.61. The fourth-order valence-electron chi connectivity index (χ4n) is 3.31. The lowest BCUT2D eigenvalue weighted by molar-refractivity contribution is -0.122. The molecule has 0 bridgehead atoms. The lowest BCUT2D eigenvalue weighted by atomic mass is 10.1. The summed E-state index contributed by atoms with van der Waals surface area (Å²) in [6.07, 6.45) is 1.57. The molecule has 4 aromatic rings. The second-order valence-electron chi connectivity index (χ2n) is 6.57. The molecule has 1 atom stereocenters. The van der Waals surface area contributed by atoms with Gasteiger partial charge in [-0.2, -0.15) is 5.10 Å². The van der Waals surface area contributed by atoms with E-state index in [4.69, 9.17) is 9.47 Å². The number of nitrogens with one attached hydrogen (secondary N) is 1. The van der Waals surface area contributed by atoms with Gasteiger partial charge in [-0.1, -0.05) is 0 Å². The molecular formula is C20H20N4O4S. The lowest BCUT2D eigenvalue weighted by Crippen LogP contribution is -2.35. The summed E-state index contributed by atoms with van der Waals surface area (Å²) in [4.78, 5) is 26.3. The Bertz CT molecular complexity index is 1260. The molecule has 3 aromatic heterocycles. The molecule has 4 rings (SSSR count). The molecule has 9 heteroatoms. The molecule has 0 radical (unpaired) electrons. The Kier molecular flexibility index (Phi) is 4.98. The summed E-state index contributed by atoms with van der Waals surface area (Å²) in [5, 5.41) is 9.99. The number of hydrogen-bond acceptors (Lipinski definition) is 6. The second-order valence-corrected chi connectivity index (χ2v) is 7.47. The van der Waals surface area contributed by atoms with Crippen molar-refractivity contribution in [2.75, 3.05) is 14.2 Å². The van der Waals surface area contributed by atoms with Gasteiger partial charge in [0.15, 0.2) is 0 Å². The van der Waals surface area contributed by atoms with Gasteiger partial charge in [-0.05, 0) is 42.6 Å². The van der Waals surface area contributed by atoms with Crippen molar-refractivity contribution >= 4 is 33.0 Å². The van der Waals surface area contributed by atoms with E-state index in [1.807, 2.05) is 30.5 Å². The number of aromatic nitrogens is 3. The first kappa shape index (κ1) is 19.0. The average Bonchev–Trinajstić information content (AvgIpc) is 3.31. The van der Waals surface area contributed by atoms with E-state index in [0.29, 0.717) is 17.0 Å². The molecule has 0 saturated carbocycles. The van der Waals surface area contributed by atoms with Crippen LogP contribution in [-0.4, -0.2) is 34.3 Å². The highest BCUT2D eigenvalue weighted by molar-refractivity contribution is 7.16. The number of thiophene rings is 1. The SMILES string of the molecule is COc1ccc(OC)c(C(C)NC(=O)Cn2ncn3c(cc4ccsc43)c2=O)c1. The van der Waals surface area contributed by atoms with Crippen LogP contribution < -0.4 is 20.3 Å². The smallest absolute Gasteiger partial charge is 0.291 e. The standard InChI is InChI=1S/C20H20N4O4S/c1-12(15-9-14(27-2)4-5-17(15)28-3)22-18(25)10-24-19(26)16-8-13-6-7-29-20(13)23(16)11-21-24/h4-9,11-12H,10H2,1-3H3,(H,22,25). The number of rotatable bonds is 6. The van der Waals surface area contributed by atoms with Crippen LogP contribution in [0.4, 0.5) is 0 Å². The Labute approximate surface area is 170 Å². The molecule has 29 heavy (non-hydrogen) atoms. The third-order valence-corrected chi connectivity index (χ3v) is 5.71. The predicted molar refractivity (Wildman–Crippen MR) is 111 cm³/mol. The Morgan fingerprint density at radius 2 is 2.07 bits per heavy atom. The van der Waals surface area contributed by atoms with Crippen LogP contribution in [0.15, 0.2) is 46.8 Å². The molecule has 0 spiro atoms. The number of fused-ring (bicyclic) bond motifs is 3. The van der Waals surface area contributed by atoms with E-state index in [1.165, 1.54) is 16.0 Å². The Balaban J connectivity index is 1.55. The molecule has 0 fully saturated rings. The first-order valence-electron chi connectivity index (χ1n) is 8.97. The monoisotopic (exact) mass is 412 g/mol. The van der Waals surface area contributed by atoms with Crippen molar-refractivity contribution in [3.63, 3.8) is 0 Å². The number of nitrogens with zero attached hydrogens (tertiary/aromatic N) is 3. The van der Waals surface area contributed by atoms with Crippen LogP contribution in [0, 0.1) is 0 Å². The summed E-state index contributed by atoms with van der Waals surface area (Å²) in [6.45, 7) is 1.67. The first-order valence-corrected chi connectivity index (χ1v) is 9.85. The van der Waals surface area contributed by atoms with Crippen LogP contribution >= 0.6 is 11.3 Å². The maximum Gasteiger partial charge on any atom is 0.291 e. The van der Waals surface area contributed by atoms with E-state index in [2.05, 4.69) is 10.4 Å². The fraction of sp³-hybridized carbons (Fsp3) is 0.250. The molecule has 0 aliphatic carbocycles. The number of hydrogen-bond donors (Lipinski definition) is 1. The molecule has 8 nitrogen and oxygen atoms in total. The van der Waals surface area contributed by atoms with Crippen molar-refractivity contribution in [1.29, 1.82) is 0 Å². The number of benzene rings is 1. The molecule has 1 aromatic carbocycles. The van der Waals surface area contributed by atoms with Gasteiger partial charge in [0, 0.05) is 10.9 Å². The first-order chi connectivity index (χ1) is 14.0. The molecule has 0 saturated heterocycles. The number of ether oxygens (including phenoxy) is 2. The minimum Gasteiger partial charge on any atom is -0.497 e. The maximum absolute atomic E-state index is 12.7. The molecule has 150 valence electrons. The van der Waals surface area contributed by atoms with Gasteiger partial charge in [0.1, 0.15) is 34.7 Å². The van der Waals surface area contributed by atoms with Gasteiger partial charge in [-0.3, -0.25) is 14.0 Å². The zero-order valence-corrected chi connectivity index (χ0v) is 17.0. The number of carbonyl (C=O) groups is 1. The molecule has 0 aliphatic heterocycles. The summed E-state index contributed by atoms with van der Waals surface area (Å²) in [5.41, 5.74) is 0.970. The van der Waals surface area contributed by atoms with Crippen LogP contribution in [0.25, 0.3) is 15.7 Å². The van der Waals surface area contributed by atoms with Crippen molar-refractivity contribution in [3.8, 4) is 11.5 Å². The second kappa shape index (κ2) is 7.59. The number of amides is 1. The van der Waals surface area contributed by atoms with Crippen molar-refractivity contribution in [3.05, 3.63) is 58.0 Å². The van der Waals surface area contributed by atoms with Crippen LogP contribution in [0.3, 0.4) is 0 Å². The molecular weight excluding hydrogens is 392 g/mol. The van der Waals surface area contributed by atoms with E-state index in [-0.39, 0.29) is 24.1 Å². The zero-order valence-electron chi connectivity index (χ0n) is 16.2. The highest BCUT2D eigenvalue weighted by Gasteiger charge is 2.17. The molecule has 1 unspecified atom stereocenters. The van der Waals surface area contributed by atoms with E-state index < -0.39 is 0 Å². The Morgan fingerprint density at radius 3 is 2.83 bits per heavy atom. The zero-order chi connectivity index (χ0) is 20.5. The summed E-state index contributed by atoms with van der Waals surface area (Å²) in [5.74, 6) is 0.983. The maximum atomic E-state index is 12.7. The largest absolute Gasteiger partial charge is 0.497 e. The highest BCUT2D eigenvalue weighted by Crippen LogP contribution is 2.29. The van der Waals surface area contributed by atoms with E-state index in [0.717, 1.165) is 15.8 Å². The molecule has 1 amide bonds. The molecule has 0 aliphatic rings. The van der Waals surface area contributed by atoms with Gasteiger partial charge in [-0.15, -0.1) is 11.3 Å². The highest BCUT2D eigenvalue weighted by atomic mass is 32.1. The van der Waals surface area contributed by atoms with Crippen LogP contribution in [-0.2, 0) is 11.3 Å². The third kappa shape index (κ3) is 3.44. The van der Waals surface area contributed by atoms with Crippen LogP contribution in [0.1, 0.15) is 18.5 Å². The van der Waals surface area contributed by atoms with Crippen LogP contribution in [0.5, 0.6) is 11.5 Å². The van der Waals surface area contributed by atoms with Crippen molar-refractivity contribution in [2.45, 2.75) is 19.5 Å². The normalized spacial score (nSPS) is 12.2. The van der Waals surface area contributed by atoms with E-state index in [9.17, 15) is 9.59 Å². The van der Waals surface area contributed by atoms with Crippen LogP contribution in [0.2, 0.25) is 0 Å². The van der Waals surface area contributed by atoms with Crippen molar-refractivity contribution in [1.82, 2.24) is 19.5 Å². The van der Waals surface area contributed by atoms with Crippen molar-refractivity contribution in [2.24, 2.45) is 0 Å². The fourth-order valence-corrected chi connectivity index (χ4v) is 4.18. The topological polar surface area (TPSA) is 86.9 Å². The van der Waals surface area contributed by atoms with Gasteiger partial charge in [0.2, 0.25) is 5.91 Å². The van der Waals surface area contributed by atoms with E-state index >= 15 is 0 Å². The van der Waals surface area contributed by atoms with Gasteiger partial charge in [-0.25, -0.2) is 4.68 Å². The quantitative estimate of drug-likeness (QED) is 0.526. The number of carbonyl (C=O) groups excluding carboxylic acids is 1. The number of methoxy groups -OCH3 is 2. The minimum absolute atomic E-state index is 0.176. The Morgan fingerprint density at radius 1 is 1.24 bits per heavy atom.